The van der Waals surface area contributed by atoms with Crippen LogP contribution in [-0.4, -0.2) is 20.1 Å². The Morgan fingerprint density at radius 3 is 1.95 bits per heavy atom. The molecule has 1 aromatic heterocycles. The highest BCUT2D eigenvalue weighted by Crippen LogP contribution is 2.45. The van der Waals surface area contributed by atoms with Gasteiger partial charge in [0.2, 0.25) is 0 Å². The molecule has 0 aliphatic carbocycles. The summed E-state index contributed by atoms with van der Waals surface area (Å²) in [6, 6.07) is 17.1. The largest absolute Gasteiger partial charge is 0.505 e. The second-order valence-corrected chi connectivity index (χ2v) is 12.2. The summed E-state index contributed by atoms with van der Waals surface area (Å²) in [7, 11) is 0. The minimum Gasteiger partial charge on any atom is -0.505 e. The lowest BCUT2D eigenvalue weighted by atomic mass is 9.70. The third-order valence-electron chi connectivity index (χ3n) is 6.94. The lowest BCUT2D eigenvalue weighted by Crippen LogP contribution is -2.27. The summed E-state index contributed by atoms with van der Waals surface area (Å²) < 4.78 is 39.8. The monoisotopic (exact) mass is 509 g/mol. The van der Waals surface area contributed by atoms with Gasteiger partial charge in [0.25, 0.3) is 0 Å². The van der Waals surface area contributed by atoms with Gasteiger partial charge in [0, 0.05) is 11.0 Å². The molecule has 4 rings (SSSR count). The van der Waals surface area contributed by atoms with Crippen molar-refractivity contribution in [3.63, 3.8) is 0 Å². The highest BCUT2D eigenvalue weighted by molar-refractivity contribution is 5.75. The van der Waals surface area contributed by atoms with Gasteiger partial charge in [-0.05, 0) is 52.6 Å². The number of aromatic hydroxyl groups is 1. The number of rotatable bonds is 5. The van der Waals surface area contributed by atoms with Crippen LogP contribution < -0.4 is 0 Å². The van der Waals surface area contributed by atoms with Gasteiger partial charge in [0.1, 0.15) is 22.5 Å². The van der Waals surface area contributed by atoms with Gasteiger partial charge in [-0.3, -0.25) is 0 Å². The summed E-state index contributed by atoms with van der Waals surface area (Å²) in [6.07, 6.45) is -3.61. The molecule has 7 heteroatoms. The number of aromatic nitrogens is 3. The number of phenols is 1. The van der Waals surface area contributed by atoms with Gasteiger partial charge >= 0.3 is 6.18 Å². The van der Waals surface area contributed by atoms with E-state index in [0.717, 1.165) is 29.7 Å². The van der Waals surface area contributed by atoms with Crippen LogP contribution in [0.2, 0.25) is 0 Å². The fourth-order valence-corrected chi connectivity index (χ4v) is 5.28. The maximum Gasteiger partial charge on any atom is 0.416 e. The average Bonchev–Trinajstić information content (AvgIpc) is 3.20. The number of benzene rings is 3. The van der Waals surface area contributed by atoms with E-state index in [2.05, 4.69) is 44.8 Å². The van der Waals surface area contributed by atoms with Gasteiger partial charge in [0.05, 0.1) is 5.56 Å². The van der Waals surface area contributed by atoms with Gasteiger partial charge < -0.3 is 5.11 Å². The van der Waals surface area contributed by atoms with Crippen molar-refractivity contribution in [2.45, 2.75) is 71.9 Å². The van der Waals surface area contributed by atoms with Crippen LogP contribution in [0.1, 0.15) is 77.1 Å². The van der Waals surface area contributed by atoms with Crippen molar-refractivity contribution in [3.8, 4) is 11.4 Å². The Hall–Kier alpha value is -3.35. The second-order valence-electron chi connectivity index (χ2n) is 12.2. The minimum atomic E-state index is -4.48. The Labute approximate surface area is 216 Å². The van der Waals surface area contributed by atoms with Crippen LogP contribution in [0.5, 0.6) is 5.75 Å². The van der Waals surface area contributed by atoms with Crippen LogP contribution in [0.25, 0.3) is 16.7 Å². The molecule has 196 valence electrons. The maximum absolute atomic E-state index is 13.3. The molecule has 0 atom stereocenters. The predicted molar refractivity (Wildman–Crippen MR) is 141 cm³/mol. The van der Waals surface area contributed by atoms with E-state index < -0.39 is 17.2 Å². The molecule has 4 aromatic rings. The number of phenolic OH excluding ortho intramolecular Hbond substituents is 1. The standard InChI is InChI=1S/C30H34F3N3O/c1-27(2,3)18-28(4,5)21-15-22(29(6,7)19-11-9-8-10-12-19)26(37)25(17-21)36-34-23-14-13-20(30(31,32)33)16-24(23)35-36/h8-17,37H,18H2,1-7H3. The highest BCUT2D eigenvalue weighted by Gasteiger charge is 2.34. The second kappa shape index (κ2) is 8.89. The maximum atomic E-state index is 13.3. The van der Waals surface area contributed by atoms with E-state index >= 15 is 0 Å². The Morgan fingerprint density at radius 1 is 0.730 bits per heavy atom. The van der Waals surface area contributed by atoms with E-state index in [0.29, 0.717) is 16.8 Å². The summed E-state index contributed by atoms with van der Waals surface area (Å²) >= 11 is 0. The van der Waals surface area contributed by atoms with Crippen molar-refractivity contribution >= 4 is 11.0 Å². The van der Waals surface area contributed by atoms with Crippen molar-refractivity contribution in [3.05, 3.63) is 82.9 Å². The molecule has 0 unspecified atom stereocenters. The number of nitrogens with zero attached hydrogens (tertiary/aromatic N) is 3. The first-order valence-corrected chi connectivity index (χ1v) is 12.4. The Bertz CT molecular complexity index is 1430. The molecule has 0 bridgehead atoms. The first-order valence-electron chi connectivity index (χ1n) is 12.4. The molecule has 37 heavy (non-hydrogen) atoms. The number of fused-ring (bicyclic) bond motifs is 1. The van der Waals surface area contributed by atoms with Gasteiger partial charge in [-0.15, -0.1) is 15.0 Å². The lowest BCUT2D eigenvalue weighted by Gasteiger charge is -2.35. The van der Waals surface area contributed by atoms with Crippen LogP contribution in [0, 0.1) is 5.41 Å². The first kappa shape index (κ1) is 26.7. The molecule has 3 aromatic carbocycles. The SMILES string of the molecule is CC(C)(C)CC(C)(C)c1cc(-n2nc3ccc(C(F)(F)F)cc3n2)c(O)c(C(C)(C)c2ccccc2)c1. The van der Waals surface area contributed by atoms with E-state index in [1.165, 1.54) is 10.9 Å². The molecular formula is C30H34F3N3O. The van der Waals surface area contributed by atoms with Crippen LogP contribution in [0.15, 0.2) is 60.7 Å². The van der Waals surface area contributed by atoms with Crippen LogP contribution in [0.4, 0.5) is 13.2 Å². The topological polar surface area (TPSA) is 50.9 Å². The lowest BCUT2D eigenvalue weighted by molar-refractivity contribution is -0.137. The molecule has 0 aliphatic heterocycles. The van der Waals surface area contributed by atoms with Crippen molar-refractivity contribution in [2.24, 2.45) is 5.41 Å². The van der Waals surface area contributed by atoms with E-state index in [1.807, 2.05) is 56.3 Å². The van der Waals surface area contributed by atoms with E-state index in [4.69, 9.17) is 0 Å². The minimum absolute atomic E-state index is 0.000475. The molecule has 0 saturated heterocycles. The fraction of sp³-hybridized carbons (Fsp3) is 0.400. The van der Waals surface area contributed by atoms with Crippen LogP contribution in [-0.2, 0) is 17.0 Å². The van der Waals surface area contributed by atoms with Gasteiger partial charge in [-0.1, -0.05) is 84.9 Å². The normalized spacial score (nSPS) is 13.4. The summed E-state index contributed by atoms with van der Waals surface area (Å²) in [5, 5.41) is 20.4. The van der Waals surface area contributed by atoms with Gasteiger partial charge in [0.15, 0.2) is 0 Å². The molecular weight excluding hydrogens is 475 g/mol. The number of hydrogen-bond donors (Lipinski definition) is 1. The summed E-state index contributed by atoms with van der Waals surface area (Å²) in [6.45, 7) is 15.0. The zero-order valence-corrected chi connectivity index (χ0v) is 22.4. The van der Waals surface area contributed by atoms with E-state index in [9.17, 15) is 18.3 Å². The molecule has 4 nitrogen and oxygen atoms in total. The molecule has 0 spiro atoms. The van der Waals surface area contributed by atoms with Crippen molar-refractivity contribution in [1.82, 2.24) is 15.0 Å². The molecule has 1 N–H and O–H groups in total. The van der Waals surface area contributed by atoms with Gasteiger partial charge in [-0.2, -0.15) is 13.2 Å². The Balaban J connectivity index is 1.96. The third-order valence-corrected chi connectivity index (χ3v) is 6.94. The Morgan fingerprint density at radius 2 is 1.35 bits per heavy atom. The zero-order chi connectivity index (χ0) is 27.4. The molecule has 0 radical (unpaired) electrons. The zero-order valence-electron chi connectivity index (χ0n) is 22.4. The van der Waals surface area contributed by atoms with E-state index in [1.54, 1.807) is 0 Å². The van der Waals surface area contributed by atoms with Gasteiger partial charge in [-0.25, -0.2) is 0 Å². The van der Waals surface area contributed by atoms with Crippen molar-refractivity contribution < 1.29 is 18.3 Å². The summed E-state index contributed by atoms with van der Waals surface area (Å²) in [4.78, 5) is 1.25. The molecule has 0 fully saturated rings. The van der Waals surface area contributed by atoms with Crippen LogP contribution in [0.3, 0.4) is 0 Å². The third kappa shape index (κ3) is 5.36. The molecule has 0 amide bonds. The van der Waals surface area contributed by atoms with Crippen molar-refractivity contribution in [2.75, 3.05) is 0 Å². The van der Waals surface area contributed by atoms with Crippen LogP contribution >= 0.6 is 0 Å². The van der Waals surface area contributed by atoms with E-state index in [-0.39, 0.29) is 22.1 Å². The predicted octanol–water partition coefficient (Wildman–Crippen LogP) is 8.18. The quantitative estimate of drug-likeness (QED) is 0.295. The first-order chi connectivity index (χ1) is 17.0. The number of alkyl halides is 3. The molecule has 0 saturated carbocycles. The van der Waals surface area contributed by atoms with Crippen molar-refractivity contribution in [1.29, 1.82) is 0 Å². The average molecular weight is 510 g/mol. The molecule has 1 heterocycles. The fourth-order valence-electron chi connectivity index (χ4n) is 5.28. The number of hydrogen-bond acceptors (Lipinski definition) is 3. The highest BCUT2D eigenvalue weighted by atomic mass is 19.4. The smallest absolute Gasteiger partial charge is 0.416 e. The number of halogens is 3. The summed E-state index contributed by atoms with van der Waals surface area (Å²) in [5.74, 6) is 0.000475. The summed E-state index contributed by atoms with van der Waals surface area (Å²) in [5.41, 5.74) is 1.90. The molecule has 0 aliphatic rings. The Kier molecular flexibility index (Phi) is 6.42.